The summed E-state index contributed by atoms with van der Waals surface area (Å²) < 4.78 is 36.4. The Balaban J connectivity index is 0.979. The number of hydrogen-bond acceptors (Lipinski definition) is 13. The molecule has 0 saturated heterocycles. The van der Waals surface area contributed by atoms with E-state index in [1.165, 1.54) is 11.1 Å². The van der Waals surface area contributed by atoms with Crippen LogP contribution < -0.4 is 44.0 Å². The zero-order valence-corrected chi connectivity index (χ0v) is 46.1. The number of Topliss-reactive ketones (excluding diaryl/α,β-unsaturated/α-hetero) is 1. The number of carbonyl (C=O) groups is 3. The number of anilines is 5. The number of nitrogens with zero attached hydrogens (tertiary/aromatic N) is 5. The van der Waals surface area contributed by atoms with Crippen molar-refractivity contribution < 1.29 is 42.8 Å². The van der Waals surface area contributed by atoms with E-state index in [1.807, 2.05) is 84.4 Å². The summed E-state index contributed by atoms with van der Waals surface area (Å²) in [5.41, 5.74) is 10.8. The third-order valence-electron chi connectivity index (χ3n) is 15.4. The number of ether oxygens (including phenoxy) is 6. The van der Waals surface area contributed by atoms with Gasteiger partial charge in [-0.2, -0.15) is 0 Å². The van der Waals surface area contributed by atoms with Crippen LogP contribution in [0.3, 0.4) is 0 Å². The molecule has 5 aromatic carbocycles. The van der Waals surface area contributed by atoms with Crippen LogP contribution in [0.2, 0.25) is 0 Å². The second kappa shape index (κ2) is 26.1. The molecule has 2 atom stereocenters. The van der Waals surface area contributed by atoms with E-state index < -0.39 is 0 Å². The summed E-state index contributed by atoms with van der Waals surface area (Å²) in [7, 11) is 7.34. The fourth-order valence-electron chi connectivity index (χ4n) is 11.4. The molecule has 0 aromatic heterocycles. The monoisotopic (exact) mass is 1050 g/mol. The highest BCUT2D eigenvalue weighted by Gasteiger charge is 2.41. The van der Waals surface area contributed by atoms with Crippen LogP contribution in [0.1, 0.15) is 94.0 Å². The summed E-state index contributed by atoms with van der Waals surface area (Å²) in [6.07, 6.45) is 6.39. The molecule has 0 fully saturated rings. The van der Waals surface area contributed by atoms with Crippen molar-refractivity contribution in [1.82, 2.24) is 5.32 Å². The number of rotatable bonds is 28. The lowest BCUT2D eigenvalue weighted by Crippen LogP contribution is -2.41. The SMILES string of the molecule is CCNCCCCCC(=O)CCCN(CCOCCOCCOC)c1cc(COc2cc3c(cc2C)C(=O)N2c4ccccc4C[C@H]2CN3C)cc(COc2cc3c(cc2OC)C(=O)N2c4ccccc4C[C@H]2CN3C)c1. The van der Waals surface area contributed by atoms with E-state index in [2.05, 4.69) is 64.3 Å². The molecule has 0 radical (unpaired) electrons. The van der Waals surface area contributed by atoms with Crippen molar-refractivity contribution in [2.45, 2.75) is 90.5 Å². The number of likely N-dealkylation sites (N-methyl/N-ethyl adjacent to an activating group) is 2. The molecule has 77 heavy (non-hydrogen) atoms. The molecule has 0 bridgehead atoms. The van der Waals surface area contributed by atoms with Crippen molar-refractivity contribution in [3.63, 3.8) is 0 Å². The van der Waals surface area contributed by atoms with Gasteiger partial charge in [-0.3, -0.25) is 14.4 Å². The maximum atomic E-state index is 14.4. The molecule has 1 N–H and O–H groups in total. The van der Waals surface area contributed by atoms with Gasteiger partial charge >= 0.3 is 0 Å². The molecule has 4 aliphatic heterocycles. The zero-order chi connectivity index (χ0) is 53.8. The number of unbranched alkanes of at least 4 members (excludes halogenated alkanes) is 2. The number of amides is 2. The van der Waals surface area contributed by atoms with Crippen LogP contribution in [0.15, 0.2) is 91.0 Å². The number of nitrogens with one attached hydrogen (secondary N) is 1. The quantitative estimate of drug-likeness (QED) is 0.0478. The lowest BCUT2D eigenvalue weighted by atomic mass is 10.1. The van der Waals surface area contributed by atoms with Gasteiger partial charge in [0, 0.05) is 89.4 Å². The van der Waals surface area contributed by atoms with Crippen LogP contribution in [-0.2, 0) is 45.1 Å². The largest absolute Gasteiger partial charge is 0.493 e. The Kier molecular flexibility index (Phi) is 18.7. The summed E-state index contributed by atoms with van der Waals surface area (Å²) in [5.74, 6) is 1.93. The summed E-state index contributed by atoms with van der Waals surface area (Å²) in [4.78, 5) is 52.5. The molecule has 0 aliphatic carbocycles. The molecule has 4 aliphatic rings. The van der Waals surface area contributed by atoms with Crippen molar-refractivity contribution in [1.29, 1.82) is 0 Å². The van der Waals surface area contributed by atoms with E-state index in [-0.39, 0.29) is 42.9 Å². The average Bonchev–Trinajstić information content (AvgIpc) is 3.96. The van der Waals surface area contributed by atoms with E-state index in [1.54, 1.807) is 14.2 Å². The van der Waals surface area contributed by atoms with Gasteiger partial charge in [0.2, 0.25) is 0 Å². The van der Waals surface area contributed by atoms with Gasteiger partial charge in [0.05, 0.1) is 74.7 Å². The first-order valence-electron chi connectivity index (χ1n) is 27.7. The number of methoxy groups -OCH3 is 2. The molecule has 410 valence electrons. The minimum absolute atomic E-state index is 0.00342. The van der Waals surface area contributed by atoms with Gasteiger partial charge in [-0.15, -0.1) is 0 Å². The van der Waals surface area contributed by atoms with Gasteiger partial charge in [0.1, 0.15) is 24.7 Å². The Morgan fingerprint density at radius 2 is 1.19 bits per heavy atom. The number of fused-ring (bicyclic) bond motifs is 8. The van der Waals surface area contributed by atoms with E-state index in [0.717, 1.165) is 90.3 Å². The Morgan fingerprint density at radius 3 is 1.82 bits per heavy atom. The van der Waals surface area contributed by atoms with Gasteiger partial charge < -0.3 is 58.2 Å². The molecule has 0 saturated carbocycles. The smallest absolute Gasteiger partial charge is 0.260 e. The Hall–Kier alpha value is -6.65. The van der Waals surface area contributed by atoms with Gasteiger partial charge in [0.15, 0.2) is 11.5 Å². The number of ketones is 1. The first kappa shape index (κ1) is 55.1. The molecule has 0 spiro atoms. The Bertz CT molecular complexity index is 2860. The van der Waals surface area contributed by atoms with Gasteiger partial charge in [-0.1, -0.05) is 49.7 Å². The third-order valence-corrected chi connectivity index (χ3v) is 15.4. The minimum atomic E-state index is -0.0556. The van der Waals surface area contributed by atoms with Gasteiger partial charge in [-0.05, 0) is 122 Å². The molecule has 5 aromatic rings. The van der Waals surface area contributed by atoms with E-state index in [4.69, 9.17) is 28.4 Å². The fraction of sp³-hybridized carbons (Fsp3) is 0.468. The van der Waals surface area contributed by atoms with E-state index in [9.17, 15) is 14.4 Å². The normalized spacial score (nSPS) is 16.3. The Labute approximate surface area is 455 Å². The van der Waals surface area contributed by atoms with Crippen LogP contribution in [0.25, 0.3) is 0 Å². The Morgan fingerprint density at radius 1 is 0.623 bits per heavy atom. The summed E-state index contributed by atoms with van der Waals surface area (Å²) in [5, 5.41) is 3.37. The van der Waals surface area contributed by atoms with E-state index in [0.29, 0.717) is 107 Å². The van der Waals surface area contributed by atoms with E-state index >= 15 is 0 Å². The molecule has 0 unspecified atom stereocenters. The highest BCUT2D eigenvalue weighted by Crippen LogP contribution is 2.43. The zero-order valence-electron chi connectivity index (χ0n) is 46.1. The first-order chi connectivity index (χ1) is 37.5. The second-order valence-electron chi connectivity index (χ2n) is 20.8. The highest BCUT2D eigenvalue weighted by molar-refractivity contribution is 6.13. The fourth-order valence-corrected chi connectivity index (χ4v) is 11.4. The minimum Gasteiger partial charge on any atom is -0.493 e. The van der Waals surface area contributed by atoms with Crippen LogP contribution in [0, 0.1) is 6.92 Å². The number of para-hydroxylation sites is 2. The van der Waals surface area contributed by atoms with Crippen LogP contribution >= 0.6 is 0 Å². The maximum absolute atomic E-state index is 14.4. The van der Waals surface area contributed by atoms with Crippen molar-refractivity contribution in [3.8, 4) is 17.2 Å². The van der Waals surface area contributed by atoms with Gasteiger partial charge in [0.25, 0.3) is 11.8 Å². The third kappa shape index (κ3) is 13.0. The lowest BCUT2D eigenvalue weighted by molar-refractivity contribution is -0.119. The molecule has 9 rings (SSSR count). The molecule has 15 nitrogen and oxygen atoms in total. The predicted octanol–water partition coefficient (Wildman–Crippen LogP) is 9.21. The lowest BCUT2D eigenvalue weighted by Gasteiger charge is -2.27. The van der Waals surface area contributed by atoms with Crippen LogP contribution in [-0.4, -0.2) is 130 Å². The maximum Gasteiger partial charge on any atom is 0.260 e. The average molecular weight is 1050 g/mol. The van der Waals surface area contributed by atoms with Crippen LogP contribution in [0.4, 0.5) is 28.4 Å². The second-order valence-corrected chi connectivity index (χ2v) is 20.8. The highest BCUT2D eigenvalue weighted by atomic mass is 16.5. The summed E-state index contributed by atoms with van der Waals surface area (Å²) in [6, 6.07) is 30.5. The first-order valence-corrected chi connectivity index (χ1v) is 27.7. The van der Waals surface area contributed by atoms with Crippen molar-refractivity contribution in [2.24, 2.45) is 0 Å². The number of carbonyl (C=O) groups excluding carboxylic acids is 3. The molecule has 4 heterocycles. The van der Waals surface area contributed by atoms with Crippen LogP contribution in [0.5, 0.6) is 17.2 Å². The number of aryl methyl sites for hydroxylation is 1. The standard InChI is InChI=1S/C62H78N6O9/c1-7-63-22-14-8-9-18-51(69)19-15-23-66(24-25-74-28-29-75-27-26-72-5)48-32-44(41-76-58-37-56-52(30-43(58)2)61(70)67-49(39-64(56)3)34-46-16-10-12-20-54(46)67)31-45(33-48)42-77-60-38-57-53(36-59(60)73-6)62(71)68-50(40-65(57)4)35-47-17-11-13-21-55(47)68/h10-13,16-17,20-21,30-33,36-38,49-50,63H,7-9,14-15,18-19,22-29,34-35,39-42H2,1-6H3/t49-,50-/m0/s1. The molecule has 15 heteroatoms. The van der Waals surface area contributed by atoms with Crippen molar-refractivity contribution in [2.75, 3.05) is 125 Å². The summed E-state index contributed by atoms with van der Waals surface area (Å²) >= 11 is 0. The number of hydrogen-bond donors (Lipinski definition) is 1. The van der Waals surface area contributed by atoms with Crippen molar-refractivity contribution >= 4 is 46.0 Å². The predicted molar refractivity (Wildman–Crippen MR) is 304 cm³/mol. The van der Waals surface area contributed by atoms with Crippen molar-refractivity contribution in [3.05, 3.63) is 130 Å². The number of benzene rings is 5. The molecular formula is C62H78N6O9. The molecular weight excluding hydrogens is 973 g/mol. The topological polar surface area (TPSA) is 135 Å². The molecule has 2 amide bonds. The summed E-state index contributed by atoms with van der Waals surface area (Å²) in [6.45, 7) is 11.4. The van der Waals surface area contributed by atoms with Gasteiger partial charge in [-0.25, -0.2) is 0 Å².